The Kier molecular flexibility index (Phi) is 27.7. The van der Waals surface area contributed by atoms with Crippen LogP contribution in [0.3, 0.4) is 0 Å². The highest BCUT2D eigenvalue weighted by Crippen LogP contribution is 2.29. The summed E-state index contributed by atoms with van der Waals surface area (Å²) in [5.41, 5.74) is 17.0. The average molecular weight is 1340 g/mol. The molecule has 22 nitrogen and oxygen atoms in total. The van der Waals surface area contributed by atoms with Crippen LogP contribution in [-0.2, 0) is 9.59 Å². The maximum atomic E-state index is 11.6. The molecule has 0 aliphatic heterocycles. The Balaban J connectivity index is 0.000000168. The highest BCUT2D eigenvalue weighted by Gasteiger charge is 2.09. The lowest BCUT2D eigenvalue weighted by Crippen LogP contribution is -2.20. The Morgan fingerprint density at radius 1 is 0.402 bits per heavy atom. The predicted octanol–water partition coefficient (Wildman–Crippen LogP) is 17.5. The van der Waals surface area contributed by atoms with Crippen molar-refractivity contribution in [2.24, 2.45) is 0 Å². The lowest BCUT2D eigenvalue weighted by Gasteiger charge is -2.11. The van der Waals surface area contributed by atoms with Gasteiger partial charge in [0.1, 0.15) is 99.4 Å². The number of nitrogens with two attached hydrogens (primary N) is 2. The van der Waals surface area contributed by atoms with Crippen molar-refractivity contribution in [3.8, 4) is 34.5 Å². The molecule has 0 aliphatic rings. The van der Waals surface area contributed by atoms with Gasteiger partial charge < -0.3 is 67.8 Å². The molecule has 1 amide bonds. The quantitative estimate of drug-likeness (QED) is 0.0138. The first kappa shape index (κ1) is 70.6. The Labute approximate surface area is 572 Å². The molecule has 12 N–H and O–H groups in total. The number of aromatic nitrogens is 7. The van der Waals surface area contributed by atoms with E-state index in [0.717, 1.165) is 68.6 Å². The minimum Gasteiger partial charge on any atom is -0.457 e. The van der Waals surface area contributed by atoms with Gasteiger partial charge in [-0.1, -0.05) is 98.2 Å². The van der Waals surface area contributed by atoms with Crippen molar-refractivity contribution < 1.29 is 28.8 Å². The zero-order valence-corrected chi connectivity index (χ0v) is 54.4. The fourth-order valence-corrected chi connectivity index (χ4v) is 8.22. The normalized spacial score (nSPS) is 10.0. The molecule has 25 heteroatoms. The van der Waals surface area contributed by atoms with Crippen LogP contribution in [0.4, 0.5) is 80.5 Å². The summed E-state index contributed by atoms with van der Waals surface area (Å²) in [6, 6.07) is 77.2. The van der Waals surface area contributed by atoms with Crippen molar-refractivity contribution in [3.05, 3.63) is 273 Å². The number of carbonyl (C=O) groups excluding carboxylic acids is 2. The number of carbonyl (C=O) groups is 2. The SMILES string of the molecule is CB(O)Nc1cccc(Nc2cc(Cl)ncn2)n1.CCC(=O)Cl.CCC(=O)Nc1cccc(Nc2cc(Nc3ccc(Oc4ccccc4)cc3)ncn2)c1.Nc1ccc(Oc2ccccc2)cc1.Nc1cccc(Nc2cc(Nc3ccc(Oc4ccccc4)cc3)ncn2)c1. The first-order valence-electron chi connectivity index (χ1n) is 30.2. The second-order valence-electron chi connectivity index (χ2n) is 20.3. The first-order chi connectivity index (χ1) is 47.2. The van der Waals surface area contributed by atoms with Crippen LogP contribution >= 0.6 is 23.2 Å². The zero-order chi connectivity index (χ0) is 68.4. The Morgan fingerprint density at radius 3 is 1.22 bits per heavy atom. The summed E-state index contributed by atoms with van der Waals surface area (Å²) in [5.74, 6) is 9.05. The number of nitrogens with zero attached hydrogens (tertiary/aromatic N) is 7. The van der Waals surface area contributed by atoms with Crippen molar-refractivity contribution in [1.29, 1.82) is 0 Å². The molecule has 0 saturated carbocycles. The van der Waals surface area contributed by atoms with Gasteiger partial charge in [-0.15, -0.1) is 0 Å². The van der Waals surface area contributed by atoms with Crippen LogP contribution in [0.1, 0.15) is 26.7 Å². The fourth-order valence-electron chi connectivity index (χ4n) is 8.07. The van der Waals surface area contributed by atoms with Gasteiger partial charge in [0.2, 0.25) is 11.1 Å². The number of benzene rings is 8. The molecule has 12 rings (SSSR count). The van der Waals surface area contributed by atoms with Gasteiger partial charge in [0.25, 0.3) is 0 Å². The smallest absolute Gasteiger partial charge is 0.408 e. The number of rotatable bonds is 21. The predicted molar refractivity (Wildman–Crippen MR) is 390 cm³/mol. The van der Waals surface area contributed by atoms with E-state index >= 15 is 0 Å². The molecule has 490 valence electrons. The molecule has 0 saturated heterocycles. The number of hydrogen-bond acceptors (Lipinski definition) is 21. The van der Waals surface area contributed by atoms with E-state index in [1.165, 1.54) is 19.0 Å². The topological polar surface area (TPSA) is 309 Å². The maximum absolute atomic E-state index is 11.6. The lowest BCUT2D eigenvalue weighted by molar-refractivity contribution is -0.116. The van der Waals surface area contributed by atoms with E-state index in [2.05, 4.69) is 72.0 Å². The number of pyridine rings is 1. The van der Waals surface area contributed by atoms with Crippen LogP contribution in [-0.4, -0.2) is 58.1 Å². The average Bonchev–Trinajstić information content (AvgIpc) is 1.15. The number of anilines is 14. The third-order valence-electron chi connectivity index (χ3n) is 12.6. The number of amides is 1. The van der Waals surface area contributed by atoms with Crippen LogP contribution in [0.15, 0.2) is 268 Å². The Morgan fingerprint density at radius 2 is 0.784 bits per heavy atom. The number of halogens is 2. The molecule has 0 unspecified atom stereocenters. The second-order valence-corrected chi connectivity index (χ2v) is 21.1. The highest BCUT2D eigenvalue weighted by molar-refractivity contribution is 6.63. The third kappa shape index (κ3) is 26.3. The molecule has 0 bridgehead atoms. The summed E-state index contributed by atoms with van der Waals surface area (Å²) in [6.07, 6.45) is 5.21. The second kappa shape index (κ2) is 38.0. The van der Waals surface area contributed by atoms with Crippen LogP contribution < -0.4 is 62.8 Å². The van der Waals surface area contributed by atoms with Crippen LogP contribution in [0.2, 0.25) is 12.0 Å². The van der Waals surface area contributed by atoms with Gasteiger partial charge in [-0.2, -0.15) is 0 Å². The third-order valence-corrected chi connectivity index (χ3v) is 13.1. The van der Waals surface area contributed by atoms with Crippen LogP contribution in [0.25, 0.3) is 0 Å². The summed E-state index contributed by atoms with van der Waals surface area (Å²) >= 11 is 10.6. The molecular formula is C72H69BCl2N16O6. The number of para-hydroxylation sites is 3. The van der Waals surface area contributed by atoms with Gasteiger partial charge in [0.05, 0.1) is 0 Å². The van der Waals surface area contributed by atoms with Crippen molar-refractivity contribution >= 4 is 122 Å². The molecule has 8 aromatic carbocycles. The van der Waals surface area contributed by atoms with Gasteiger partial charge in [-0.05, 0) is 176 Å². The molecular weight excluding hydrogens is 1270 g/mol. The number of hydrogen-bond donors (Lipinski definition) is 10. The van der Waals surface area contributed by atoms with Gasteiger partial charge in [-0.25, -0.2) is 34.9 Å². The summed E-state index contributed by atoms with van der Waals surface area (Å²) < 4.78 is 17.2. The molecule has 4 aromatic heterocycles. The van der Waals surface area contributed by atoms with Crippen LogP contribution in [0.5, 0.6) is 34.5 Å². The molecule has 4 heterocycles. The molecule has 97 heavy (non-hydrogen) atoms. The standard InChI is InChI=1S/C25H23N5O2.C22H19N5O.C12H11NO.C10H11BClN5O.C3H5ClO/c1-2-25(31)30-20-8-6-7-19(15-20)29-24-16-23(26-17-27-24)28-18-11-13-22(14-12-18)32-21-9-4-3-5-10-21;23-16-5-4-6-18(13-16)27-22-14-21(24-15-25-22)26-17-9-11-20(12-10-17)28-19-7-2-1-3-8-19;13-10-6-8-12(9-7-10)14-11-4-2-1-3-5-11;1-11(18)17-9-4-2-3-8(15-9)16-10-5-7(12)13-6-14-10;1-2-3(4)5/h3-17H,2H2,1H3,(H,30,31)(H2,26,27,28,29);1-15H,23H2,(H2,24,25,26,27);1-9H,13H2;2-6,18H,1H3,(H2,13,14,15,16,17);2H2,1H3. The minimum absolute atomic E-state index is 0.0316. The van der Waals surface area contributed by atoms with Crippen molar-refractivity contribution in [3.63, 3.8) is 0 Å². The Hall–Kier alpha value is -12.3. The van der Waals surface area contributed by atoms with E-state index < -0.39 is 7.05 Å². The van der Waals surface area contributed by atoms with Crippen molar-refractivity contribution in [2.75, 3.05) is 48.6 Å². The highest BCUT2D eigenvalue weighted by atomic mass is 35.5. The lowest BCUT2D eigenvalue weighted by atomic mass is 9.89. The van der Waals surface area contributed by atoms with E-state index in [9.17, 15) is 14.6 Å². The van der Waals surface area contributed by atoms with Gasteiger partial charge in [-0.3, -0.25) is 9.59 Å². The fraction of sp³-hybridized carbons (Fsp3) is 0.0694. The Bertz CT molecular complexity index is 4360. The number of ether oxygens (including phenoxy) is 3. The van der Waals surface area contributed by atoms with Crippen LogP contribution in [0, 0.1) is 0 Å². The van der Waals surface area contributed by atoms with E-state index in [1.54, 1.807) is 31.9 Å². The van der Waals surface area contributed by atoms with Crippen molar-refractivity contribution in [1.82, 2.24) is 34.9 Å². The van der Waals surface area contributed by atoms with Gasteiger partial charge >= 0.3 is 7.05 Å². The van der Waals surface area contributed by atoms with E-state index in [-0.39, 0.29) is 11.1 Å². The summed E-state index contributed by atoms with van der Waals surface area (Å²) in [7, 11) is -0.666. The van der Waals surface area contributed by atoms with Gasteiger partial charge in [0.15, 0.2) is 0 Å². The number of nitrogens with one attached hydrogen (secondary N) is 7. The van der Waals surface area contributed by atoms with Crippen molar-refractivity contribution in [2.45, 2.75) is 33.5 Å². The van der Waals surface area contributed by atoms with E-state index in [4.69, 9.17) is 48.9 Å². The monoisotopic (exact) mass is 1330 g/mol. The number of nitrogen functional groups attached to an aromatic ring is 2. The zero-order valence-electron chi connectivity index (χ0n) is 52.9. The first-order valence-corrected chi connectivity index (χ1v) is 31.0. The molecule has 0 atom stereocenters. The van der Waals surface area contributed by atoms with E-state index in [0.29, 0.717) is 64.4 Å². The molecule has 0 radical (unpaired) electrons. The largest absolute Gasteiger partial charge is 0.457 e. The minimum atomic E-state index is -0.666. The molecule has 0 aliphatic carbocycles. The maximum Gasteiger partial charge on any atom is 0.408 e. The van der Waals surface area contributed by atoms with Gasteiger partial charge in [0, 0.05) is 70.9 Å². The van der Waals surface area contributed by atoms with E-state index in [1.807, 2.05) is 237 Å². The summed E-state index contributed by atoms with van der Waals surface area (Å²) in [5, 5.41) is 30.9. The molecule has 0 spiro atoms. The molecule has 0 fully saturated rings. The molecule has 12 aromatic rings. The summed E-state index contributed by atoms with van der Waals surface area (Å²) in [6.45, 7) is 5.15. The summed E-state index contributed by atoms with van der Waals surface area (Å²) in [4.78, 5) is 50.3.